The molecule has 0 amide bonds. The minimum absolute atomic E-state index is 0.127. The monoisotopic (exact) mass is 342 g/mol. The zero-order valence-electron chi connectivity index (χ0n) is 14.2. The van der Waals surface area contributed by atoms with Crippen LogP contribution in [0.5, 0.6) is 11.5 Å². The third-order valence-corrected chi connectivity index (χ3v) is 5.50. The molecule has 130 valence electrons. The third kappa shape index (κ3) is 4.16. The largest absolute Gasteiger partial charge is 0.490 e. The Balaban J connectivity index is 2.33. The smallest absolute Gasteiger partial charge is 0.243 e. The summed E-state index contributed by atoms with van der Waals surface area (Å²) in [5, 5.41) is 3.34. The molecule has 1 heterocycles. The Labute approximate surface area is 138 Å². The Morgan fingerprint density at radius 1 is 1.09 bits per heavy atom. The van der Waals surface area contributed by atoms with Crippen molar-refractivity contribution in [3.8, 4) is 11.5 Å². The summed E-state index contributed by atoms with van der Waals surface area (Å²) in [6.07, 6.45) is 0. The van der Waals surface area contributed by atoms with Gasteiger partial charge in [0.25, 0.3) is 0 Å². The van der Waals surface area contributed by atoms with Crippen molar-refractivity contribution < 1.29 is 17.9 Å². The van der Waals surface area contributed by atoms with Crippen molar-refractivity contribution in [1.82, 2.24) is 9.62 Å². The lowest BCUT2D eigenvalue weighted by Crippen LogP contribution is -2.55. The zero-order valence-corrected chi connectivity index (χ0v) is 15.0. The van der Waals surface area contributed by atoms with Gasteiger partial charge in [0, 0.05) is 31.2 Å². The predicted molar refractivity (Wildman–Crippen MR) is 89.6 cm³/mol. The average molecular weight is 342 g/mol. The highest BCUT2D eigenvalue weighted by molar-refractivity contribution is 7.89. The molecule has 1 aliphatic rings. The van der Waals surface area contributed by atoms with Gasteiger partial charge in [0.15, 0.2) is 11.5 Å². The maximum absolute atomic E-state index is 12.9. The Kier molecular flexibility index (Phi) is 5.89. The topological polar surface area (TPSA) is 67.9 Å². The highest BCUT2D eigenvalue weighted by Gasteiger charge is 2.31. The van der Waals surface area contributed by atoms with E-state index in [1.807, 2.05) is 27.7 Å². The van der Waals surface area contributed by atoms with E-state index in [-0.39, 0.29) is 17.0 Å². The summed E-state index contributed by atoms with van der Waals surface area (Å²) in [5.74, 6) is 1.03. The van der Waals surface area contributed by atoms with Gasteiger partial charge >= 0.3 is 0 Å². The molecule has 1 fully saturated rings. The molecule has 23 heavy (non-hydrogen) atoms. The summed E-state index contributed by atoms with van der Waals surface area (Å²) in [7, 11) is -3.54. The van der Waals surface area contributed by atoms with E-state index < -0.39 is 10.0 Å². The maximum Gasteiger partial charge on any atom is 0.243 e. The van der Waals surface area contributed by atoms with Crippen molar-refractivity contribution in [1.29, 1.82) is 0 Å². The number of nitrogens with one attached hydrogen (secondary N) is 1. The fourth-order valence-electron chi connectivity index (χ4n) is 2.81. The van der Waals surface area contributed by atoms with E-state index in [1.54, 1.807) is 18.2 Å². The number of sulfonamides is 1. The number of ether oxygens (including phenoxy) is 2. The lowest BCUT2D eigenvalue weighted by atomic mass is 10.2. The third-order valence-electron chi connectivity index (χ3n) is 3.68. The number of benzene rings is 1. The molecule has 6 nitrogen and oxygen atoms in total. The van der Waals surface area contributed by atoms with Crippen molar-refractivity contribution in [3.63, 3.8) is 0 Å². The van der Waals surface area contributed by atoms with E-state index in [9.17, 15) is 8.42 Å². The molecule has 2 rings (SSSR count). The molecule has 0 spiro atoms. The van der Waals surface area contributed by atoms with Crippen LogP contribution in [-0.4, -0.2) is 51.1 Å². The Morgan fingerprint density at radius 2 is 1.65 bits per heavy atom. The SMILES string of the molecule is CCOc1ccc(S(=O)(=O)N2CC(C)NC(C)C2)cc1OCC. The van der Waals surface area contributed by atoms with Crippen molar-refractivity contribution in [2.45, 2.75) is 44.7 Å². The van der Waals surface area contributed by atoms with Crippen LogP contribution in [0.25, 0.3) is 0 Å². The number of hydrogen-bond donors (Lipinski definition) is 1. The van der Waals surface area contributed by atoms with Gasteiger partial charge in [-0.25, -0.2) is 8.42 Å². The second-order valence-corrected chi connectivity index (χ2v) is 7.70. The van der Waals surface area contributed by atoms with Gasteiger partial charge in [-0.15, -0.1) is 0 Å². The summed E-state index contributed by atoms with van der Waals surface area (Å²) in [6, 6.07) is 5.06. The van der Waals surface area contributed by atoms with Crippen LogP contribution >= 0.6 is 0 Å². The fraction of sp³-hybridized carbons (Fsp3) is 0.625. The van der Waals surface area contributed by atoms with E-state index in [4.69, 9.17) is 9.47 Å². The maximum atomic E-state index is 12.9. The van der Waals surface area contributed by atoms with Gasteiger partial charge in [0.05, 0.1) is 18.1 Å². The zero-order chi connectivity index (χ0) is 17.0. The molecule has 0 aromatic heterocycles. The number of nitrogens with zero attached hydrogens (tertiary/aromatic N) is 1. The Morgan fingerprint density at radius 3 is 2.22 bits per heavy atom. The minimum atomic E-state index is -3.54. The lowest BCUT2D eigenvalue weighted by molar-refractivity contribution is 0.262. The van der Waals surface area contributed by atoms with E-state index in [2.05, 4.69) is 5.32 Å². The molecule has 1 aromatic rings. The quantitative estimate of drug-likeness (QED) is 0.855. The highest BCUT2D eigenvalue weighted by atomic mass is 32.2. The minimum Gasteiger partial charge on any atom is -0.490 e. The first-order valence-electron chi connectivity index (χ1n) is 8.04. The van der Waals surface area contributed by atoms with E-state index in [0.29, 0.717) is 37.8 Å². The summed E-state index contributed by atoms with van der Waals surface area (Å²) in [5.41, 5.74) is 0. The van der Waals surface area contributed by atoms with Gasteiger partial charge in [0.1, 0.15) is 0 Å². The Bertz CT molecular complexity index is 623. The van der Waals surface area contributed by atoms with Crippen LogP contribution in [-0.2, 0) is 10.0 Å². The van der Waals surface area contributed by atoms with Crippen LogP contribution in [0.1, 0.15) is 27.7 Å². The number of rotatable bonds is 6. The fourth-order valence-corrected chi connectivity index (χ4v) is 4.45. The summed E-state index contributed by atoms with van der Waals surface area (Å²) in [4.78, 5) is 0.241. The first-order chi connectivity index (χ1) is 10.9. The van der Waals surface area contributed by atoms with Gasteiger partial charge in [-0.3, -0.25) is 0 Å². The first-order valence-corrected chi connectivity index (χ1v) is 9.48. The van der Waals surface area contributed by atoms with Gasteiger partial charge in [-0.2, -0.15) is 4.31 Å². The molecule has 0 radical (unpaired) electrons. The average Bonchev–Trinajstić information content (AvgIpc) is 2.48. The number of hydrogen-bond acceptors (Lipinski definition) is 5. The van der Waals surface area contributed by atoms with E-state index in [1.165, 1.54) is 4.31 Å². The molecule has 1 N–H and O–H groups in total. The van der Waals surface area contributed by atoms with Gasteiger partial charge in [-0.1, -0.05) is 0 Å². The molecule has 2 unspecified atom stereocenters. The standard InChI is InChI=1S/C16H26N2O4S/c1-5-21-15-8-7-14(9-16(15)22-6-2)23(19,20)18-10-12(3)17-13(4)11-18/h7-9,12-13,17H,5-6,10-11H2,1-4H3. The molecule has 1 aliphatic heterocycles. The lowest BCUT2D eigenvalue weighted by Gasteiger charge is -2.35. The normalized spacial score (nSPS) is 22.8. The van der Waals surface area contributed by atoms with Crippen LogP contribution in [0.3, 0.4) is 0 Å². The van der Waals surface area contributed by atoms with Crippen LogP contribution in [0, 0.1) is 0 Å². The molecule has 0 aliphatic carbocycles. The molecule has 2 atom stereocenters. The summed E-state index contributed by atoms with van der Waals surface area (Å²) < 4.78 is 38.4. The predicted octanol–water partition coefficient (Wildman–Crippen LogP) is 1.85. The second-order valence-electron chi connectivity index (χ2n) is 5.77. The van der Waals surface area contributed by atoms with Crippen LogP contribution in [0.2, 0.25) is 0 Å². The van der Waals surface area contributed by atoms with Gasteiger partial charge < -0.3 is 14.8 Å². The van der Waals surface area contributed by atoms with E-state index in [0.717, 1.165) is 0 Å². The molecule has 1 saturated heterocycles. The van der Waals surface area contributed by atoms with Crippen LogP contribution in [0.4, 0.5) is 0 Å². The van der Waals surface area contributed by atoms with Crippen LogP contribution in [0.15, 0.2) is 23.1 Å². The van der Waals surface area contributed by atoms with Crippen molar-refractivity contribution in [3.05, 3.63) is 18.2 Å². The first kappa shape index (κ1) is 18.0. The molecule has 1 aromatic carbocycles. The molecule has 7 heteroatoms. The van der Waals surface area contributed by atoms with Crippen molar-refractivity contribution >= 4 is 10.0 Å². The molecular formula is C16H26N2O4S. The Hall–Kier alpha value is -1.31. The molecule has 0 saturated carbocycles. The van der Waals surface area contributed by atoms with Gasteiger partial charge in [0.2, 0.25) is 10.0 Å². The van der Waals surface area contributed by atoms with Gasteiger partial charge in [-0.05, 0) is 39.8 Å². The molecule has 0 bridgehead atoms. The van der Waals surface area contributed by atoms with E-state index >= 15 is 0 Å². The second kappa shape index (κ2) is 7.51. The van der Waals surface area contributed by atoms with Crippen LogP contribution < -0.4 is 14.8 Å². The van der Waals surface area contributed by atoms with Crippen molar-refractivity contribution in [2.24, 2.45) is 0 Å². The molecular weight excluding hydrogens is 316 g/mol. The summed E-state index contributed by atoms with van der Waals surface area (Å²) in [6.45, 7) is 9.59. The highest BCUT2D eigenvalue weighted by Crippen LogP contribution is 2.31. The number of piperazine rings is 1. The summed E-state index contributed by atoms with van der Waals surface area (Å²) >= 11 is 0. The van der Waals surface area contributed by atoms with Crippen molar-refractivity contribution in [2.75, 3.05) is 26.3 Å².